The summed E-state index contributed by atoms with van der Waals surface area (Å²) in [5, 5.41) is 10.5. The van der Waals surface area contributed by atoms with Crippen LogP contribution >= 0.6 is 11.6 Å². The van der Waals surface area contributed by atoms with E-state index < -0.39 is 12.1 Å². The molecule has 30 heavy (non-hydrogen) atoms. The number of ether oxygens (including phenoxy) is 1. The first kappa shape index (κ1) is 20.3. The van der Waals surface area contributed by atoms with Crippen molar-refractivity contribution in [2.75, 3.05) is 18.0 Å². The highest BCUT2D eigenvalue weighted by atomic mass is 35.5. The van der Waals surface area contributed by atoms with Crippen LogP contribution in [0, 0.1) is 6.92 Å². The Bertz CT molecular complexity index is 1110. The zero-order valence-electron chi connectivity index (χ0n) is 16.2. The van der Waals surface area contributed by atoms with Crippen molar-refractivity contribution in [3.05, 3.63) is 53.1 Å². The summed E-state index contributed by atoms with van der Waals surface area (Å²) in [7, 11) is 0. The molecule has 0 spiro atoms. The van der Waals surface area contributed by atoms with Crippen molar-refractivity contribution in [3.63, 3.8) is 0 Å². The number of piperidine rings is 1. The van der Waals surface area contributed by atoms with E-state index in [1.54, 1.807) is 17.0 Å². The smallest absolute Gasteiger partial charge is 0.449 e. The van der Waals surface area contributed by atoms with Gasteiger partial charge in [0.15, 0.2) is 11.6 Å². The molecule has 1 aromatic heterocycles. The number of pyridine rings is 1. The second-order valence-corrected chi connectivity index (χ2v) is 7.77. The topological polar surface area (TPSA) is 62.7 Å². The van der Waals surface area contributed by atoms with Gasteiger partial charge in [0.2, 0.25) is 0 Å². The largest absolute Gasteiger partial charge is 0.511 e. The molecule has 0 amide bonds. The quantitative estimate of drug-likeness (QED) is 0.502. The van der Waals surface area contributed by atoms with Gasteiger partial charge in [0, 0.05) is 41.9 Å². The Labute approximate surface area is 176 Å². The Kier molecular flexibility index (Phi) is 5.24. The first-order valence-electron chi connectivity index (χ1n) is 9.48. The molecule has 8 heteroatoms. The fraction of sp³-hybridized carbons (Fsp3) is 0.273. The van der Waals surface area contributed by atoms with Gasteiger partial charge in [0.25, 0.3) is 5.92 Å². The van der Waals surface area contributed by atoms with E-state index in [1.165, 1.54) is 0 Å². The second-order valence-electron chi connectivity index (χ2n) is 7.34. The molecule has 0 unspecified atom stereocenters. The van der Waals surface area contributed by atoms with E-state index in [-0.39, 0.29) is 37.5 Å². The molecule has 3 aromatic rings. The van der Waals surface area contributed by atoms with Crippen molar-refractivity contribution in [2.45, 2.75) is 25.7 Å². The summed E-state index contributed by atoms with van der Waals surface area (Å²) in [4.78, 5) is 17.9. The lowest BCUT2D eigenvalue weighted by atomic mass is 9.97. The molecule has 0 saturated carbocycles. The van der Waals surface area contributed by atoms with E-state index >= 15 is 0 Å². The first-order valence-corrected chi connectivity index (χ1v) is 9.86. The predicted octanol–water partition coefficient (Wildman–Crippen LogP) is 6.16. The van der Waals surface area contributed by atoms with Crippen LogP contribution in [-0.4, -0.2) is 35.3 Å². The summed E-state index contributed by atoms with van der Waals surface area (Å²) in [5.74, 6) is -2.48. The Balaban J connectivity index is 2.02. The monoisotopic (exact) mass is 432 g/mol. The summed E-state index contributed by atoms with van der Waals surface area (Å²) < 4.78 is 32.7. The number of carbonyl (C=O) groups is 1. The summed E-state index contributed by atoms with van der Waals surface area (Å²) in [5.41, 5.74) is 2.64. The number of aromatic nitrogens is 1. The third kappa shape index (κ3) is 3.89. The van der Waals surface area contributed by atoms with Crippen LogP contribution < -0.4 is 9.64 Å². The lowest BCUT2D eigenvalue weighted by Gasteiger charge is -2.34. The average molecular weight is 433 g/mol. The number of fused-ring (bicyclic) bond motifs is 1. The van der Waals surface area contributed by atoms with Crippen LogP contribution in [0.2, 0.25) is 5.02 Å². The zero-order valence-corrected chi connectivity index (χ0v) is 16.9. The number of halogens is 3. The molecule has 1 aliphatic rings. The van der Waals surface area contributed by atoms with Crippen LogP contribution in [0.25, 0.3) is 22.0 Å². The molecular formula is C22H19ClF2N2O3. The molecule has 1 aliphatic heterocycles. The maximum atomic E-state index is 13.7. The predicted molar refractivity (Wildman–Crippen MR) is 112 cm³/mol. The van der Waals surface area contributed by atoms with Gasteiger partial charge in [0.1, 0.15) is 0 Å². The van der Waals surface area contributed by atoms with Gasteiger partial charge in [-0.05, 0) is 30.2 Å². The van der Waals surface area contributed by atoms with Crippen molar-refractivity contribution in [1.29, 1.82) is 0 Å². The Hall–Kier alpha value is -2.93. The second kappa shape index (κ2) is 7.72. The third-order valence-corrected chi connectivity index (χ3v) is 5.45. The van der Waals surface area contributed by atoms with Crippen molar-refractivity contribution in [2.24, 2.45) is 0 Å². The summed E-state index contributed by atoms with van der Waals surface area (Å²) >= 11 is 6.28. The van der Waals surface area contributed by atoms with Crippen LogP contribution in [0.1, 0.15) is 18.4 Å². The number of benzene rings is 2. The summed E-state index contributed by atoms with van der Waals surface area (Å²) in [6.07, 6.45) is -2.17. The van der Waals surface area contributed by atoms with Gasteiger partial charge in [-0.25, -0.2) is 18.6 Å². The number of hydrogen-bond acceptors (Lipinski definition) is 4. The van der Waals surface area contributed by atoms with Crippen LogP contribution in [0.15, 0.2) is 42.5 Å². The van der Waals surface area contributed by atoms with Gasteiger partial charge in [0.05, 0.1) is 5.52 Å². The normalized spacial score (nSPS) is 15.9. The molecule has 0 aliphatic carbocycles. The lowest BCUT2D eigenvalue weighted by Crippen LogP contribution is -2.40. The highest BCUT2D eigenvalue weighted by molar-refractivity contribution is 6.31. The van der Waals surface area contributed by atoms with Gasteiger partial charge >= 0.3 is 6.16 Å². The molecule has 0 atom stereocenters. The molecule has 0 radical (unpaired) electrons. The minimum Gasteiger partial charge on any atom is -0.449 e. The summed E-state index contributed by atoms with van der Waals surface area (Å²) in [6.45, 7) is 1.94. The maximum Gasteiger partial charge on any atom is 0.511 e. The maximum absolute atomic E-state index is 13.7. The minimum atomic E-state index is -2.74. The molecule has 1 saturated heterocycles. The standard InChI is InChI=1S/C22H19ClF2N2O3/c1-13-11-15(23)12-16-17(14-5-3-2-4-6-14)19(30-21(28)29)20(26-18(13)16)27-9-7-22(24,25)8-10-27/h2-6,11-12H,7-10H2,1H3,(H,28,29). The minimum absolute atomic E-state index is 0.0214. The number of rotatable bonds is 3. The van der Waals surface area contributed by atoms with E-state index in [1.807, 2.05) is 37.3 Å². The number of hydrogen-bond donors (Lipinski definition) is 1. The van der Waals surface area contributed by atoms with Crippen LogP contribution in [0.5, 0.6) is 5.75 Å². The van der Waals surface area contributed by atoms with Gasteiger partial charge < -0.3 is 14.7 Å². The number of nitrogens with zero attached hydrogens (tertiary/aromatic N) is 2. The molecule has 0 bridgehead atoms. The van der Waals surface area contributed by atoms with E-state index in [4.69, 9.17) is 16.3 Å². The first-order chi connectivity index (χ1) is 14.2. The molecule has 1 fully saturated rings. The van der Waals surface area contributed by atoms with Gasteiger partial charge in [-0.3, -0.25) is 0 Å². The van der Waals surface area contributed by atoms with Gasteiger partial charge in [-0.2, -0.15) is 0 Å². The third-order valence-electron chi connectivity index (χ3n) is 5.23. The summed E-state index contributed by atoms with van der Waals surface area (Å²) in [6, 6.07) is 12.6. The lowest BCUT2D eigenvalue weighted by molar-refractivity contribution is -0.0222. The Morgan fingerprint density at radius 1 is 1.20 bits per heavy atom. The van der Waals surface area contributed by atoms with Crippen molar-refractivity contribution < 1.29 is 23.4 Å². The fourth-order valence-corrected chi connectivity index (χ4v) is 4.07. The SMILES string of the molecule is Cc1cc(Cl)cc2c(-c3ccccc3)c(OC(=O)O)c(N3CCC(F)(F)CC3)nc12. The highest BCUT2D eigenvalue weighted by Crippen LogP contribution is 2.45. The number of anilines is 1. The highest BCUT2D eigenvalue weighted by Gasteiger charge is 2.36. The van der Waals surface area contributed by atoms with Crippen molar-refractivity contribution >= 4 is 34.5 Å². The fourth-order valence-electron chi connectivity index (χ4n) is 3.80. The number of carboxylic acid groups (broad SMARTS) is 1. The molecule has 1 N–H and O–H groups in total. The average Bonchev–Trinajstić information content (AvgIpc) is 2.68. The van der Waals surface area contributed by atoms with E-state index in [0.717, 1.165) is 5.56 Å². The van der Waals surface area contributed by atoms with Crippen LogP contribution in [0.3, 0.4) is 0 Å². The number of aryl methyl sites for hydroxylation is 1. The molecule has 2 heterocycles. The van der Waals surface area contributed by atoms with E-state index in [2.05, 4.69) is 4.98 Å². The van der Waals surface area contributed by atoms with Crippen molar-refractivity contribution in [1.82, 2.24) is 4.98 Å². The zero-order chi connectivity index (χ0) is 21.5. The van der Waals surface area contributed by atoms with E-state index in [0.29, 0.717) is 27.1 Å². The van der Waals surface area contributed by atoms with Crippen LogP contribution in [0.4, 0.5) is 19.4 Å². The molecule has 2 aromatic carbocycles. The van der Waals surface area contributed by atoms with E-state index in [9.17, 15) is 18.7 Å². The Morgan fingerprint density at radius 2 is 1.87 bits per heavy atom. The molecule has 156 valence electrons. The Morgan fingerprint density at radius 3 is 2.50 bits per heavy atom. The molecular weight excluding hydrogens is 414 g/mol. The van der Waals surface area contributed by atoms with Crippen molar-refractivity contribution in [3.8, 4) is 16.9 Å². The van der Waals surface area contributed by atoms with Crippen LogP contribution in [-0.2, 0) is 0 Å². The van der Waals surface area contributed by atoms with Gasteiger partial charge in [-0.1, -0.05) is 41.9 Å². The molecule has 5 nitrogen and oxygen atoms in total. The van der Waals surface area contributed by atoms with Gasteiger partial charge in [-0.15, -0.1) is 0 Å². The molecule has 4 rings (SSSR count). The number of alkyl halides is 2.